The quantitative estimate of drug-likeness (QED) is 0.747. The second kappa shape index (κ2) is 7.44. The van der Waals surface area contributed by atoms with Gasteiger partial charge < -0.3 is 15.8 Å². The molecule has 126 valence electrons. The minimum Gasteiger partial charge on any atom is -0.454 e. The lowest BCUT2D eigenvalue weighted by molar-refractivity contribution is 0.0951. The molecule has 5 nitrogen and oxygen atoms in total. The van der Waals surface area contributed by atoms with E-state index in [9.17, 15) is 9.18 Å². The lowest BCUT2D eigenvalue weighted by Gasteiger charge is -2.09. The van der Waals surface area contributed by atoms with Crippen molar-refractivity contribution in [2.75, 3.05) is 5.73 Å². The summed E-state index contributed by atoms with van der Waals surface area (Å²) in [6.45, 7) is 0.327. The van der Waals surface area contributed by atoms with Gasteiger partial charge in [0.05, 0.1) is 5.56 Å². The Hall–Kier alpha value is -3.41. The number of pyridine rings is 1. The van der Waals surface area contributed by atoms with E-state index in [1.165, 1.54) is 12.3 Å². The summed E-state index contributed by atoms with van der Waals surface area (Å²) in [6, 6.07) is 16.5. The van der Waals surface area contributed by atoms with Crippen LogP contribution in [-0.4, -0.2) is 10.9 Å². The third kappa shape index (κ3) is 4.11. The van der Waals surface area contributed by atoms with Crippen molar-refractivity contribution in [3.63, 3.8) is 0 Å². The second-order valence-electron chi connectivity index (χ2n) is 5.30. The number of anilines is 1. The van der Waals surface area contributed by atoms with E-state index in [-0.39, 0.29) is 17.5 Å². The molecule has 0 saturated carbocycles. The number of para-hydroxylation sites is 1. The van der Waals surface area contributed by atoms with Gasteiger partial charge in [-0.2, -0.15) is 0 Å². The zero-order chi connectivity index (χ0) is 17.6. The van der Waals surface area contributed by atoms with Gasteiger partial charge in [0.15, 0.2) is 11.6 Å². The van der Waals surface area contributed by atoms with E-state index in [0.29, 0.717) is 17.9 Å². The monoisotopic (exact) mass is 337 g/mol. The highest BCUT2D eigenvalue weighted by Gasteiger charge is 2.09. The minimum absolute atomic E-state index is 0.163. The first kappa shape index (κ1) is 16.4. The van der Waals surface area contributed by atoms with Crippen LogP contribution in [0.25, 0.3) is 0 Å². The summed E-state index contributed by atoms with van der Waals surface area (Å²) in [5.41, 5.74) is 6.88. The average molecular weight is 337 g/mol. The lowest BCUT2D eigenvalue weighted by Crippen LogP contribution is -2.24. The number of nitrogens with one attached hydrogen (secondary N) is 1. The number of nitrogens with zero attached hydrogens (tertiary/aromatic N) is 1. The second-order valence-corrected chi connectivity index (χ2v) is 5.30. The number of halogens is 1. The van der Waals surface area contributed by atoms with Crippen LogP contribution >= 0.6 is 0 Å². The van der Waals surface area contributed by atoms with Gasteiger partial charge in [-0.1, -0.05) is 24.3 Å². The molecule has 0 aliphatic carbocycles. The van der Waals surface area contributed by atoms with Crippen LogP contribution in [0.4, 0.5) is 10.2 Å². The Balaban J connectivity index is 1.60. The SMILES string of the molecule is Nc1ncccc1C(=O)NCc1ccc(Oc2ccccc2F)cc1. The van der Waals surface area contributed by atoms with Crippen molar-refractivity contribution in [1.82, 2.24) is 10.3 Å². The molecule has 0 aliphatic heterocycles. The average Bonchev–Trinajstić information content (AvgIpc) is 2.63. The minimum atomic E-state index is -0.423. The number of ether oxygens (including phenoxy) is 1. The Labute approximate surface area is 144 Å². The van der Waals surface area contributed by atoms with Crippen molar-refractivity contribution >= 4 is 11.7 Å². The first-order valence-corrected chi connectivity index (χ1v) is 7.63. The summed E-state index contributed by atoms with van der Waals surface area (Å²) < 4.78 is 19.1. The molecule has 0 unspecified atom stereocenters. The topological polar surface area (TPSA) is 77.2 Å². The molecule has 0 spiro atoms. The maximum Gasteiger partial charge on any atom is 0.255 e. The van der Waals surface area contributed by atoms with Gasteiger partial charge in [0.2, 0.25) is 0 Å². The number of amides is 1. The fourth-order valence-corrected chi connectivity index (χ4v) is 2.22. The molecule has 0 atom stereocenters. The first-order valence-electron chi connectivity index (χ1n) is 7.63. The molecule has 0 radical (unpaired) electrons. The lowest BCUT2D eigenvalue weighted by atomic mass is 10.2. The van der Waals surface area contributed by atoms with E-state index in [0.717, 1.165) is 5.56 Å². The Kier molecular flexibility index (Phi) is 4.89. The Morgan fingerprint density at radius 2 is 1.84 bits per heavy atom. The summed E-state index contributed by atoms with van der Waals surface area (Å²) >= 11 is 0. The number of nitrogen functional groups attached to an aromatic ring is 1. The Morgan fingerprint density at radius 1 is 1.08 bits per heavy atom. The van der Waals surface area contributed by atoms with Crippen LogP contribution in [0.2, 0.25) is 0 Å². The van der Waals surface area contributed by atoms with Gasteiger partial charge in [-0.05, 0) is 42.0 Å². The standard InChI is InChI=1S/C19H16FN3O2/c20-16-5-1-2-6-17(16)25-14-9-7-13(8-10-14)12-23-19(24)15-4-3-11-22-18(15)21/h1-11H,12H2,(H2,21,22)(H,23,24). The van der Waals surface area contributed by atoms with E-state index in [4.69, 9.17) is 10.5 Å². The number of hydrogen-bond acceptors (Lipinski definition) is 4. The molecule has 6 heteroatoms. The summed E-state index contributed by atoms with van der Waals surface area (Å²) in [5, 5.41) is 2.77. The van der Waals surface area contributed by atoms with Crippen LogP contribution in [0.3, 0.4) is 0 Å². The van der Waals surface area contributed by atoms with Crippen LogP contribution in [0.1, 0.15) is 15.9 Å². The molecule has 3 aromatic rings. The van der Waals surface area contributed by atoms with E-state index < -0.39 is 5.82 Å². The molecule has 0 aliphatic rings. The largest absolute Gasteiger partial charge is 0.454 e. The third-order valence-electron chi connectivity index (χ3n) is 3.52. The van der Waals surface area contributed by atoms with Crippen LogP contribution in [0.15, 0.2) is 66.9 Å². The Morgan fingerprint density at radius 3 is 2.56 bits per heavy atom. The summed E-state index contributed by atoms with van der Waals surface area (Å²) in [5.74, 6) is 0.145. The maximum absolute atomic E-state index is 13.6. The van der Waals surface area contributed by atoms with Gasteiger partial charge >= 0.3 is 0 Å². The van der Waals surface area contributed by atoms with Crippen molar-refractivity contribution in [2.45, 2.75) is 6.54 Å². The number of hydrogen-bond donors (Lipinski definition) is 2. The molecule has 2 aromatic carbocycles. The maximum atomic E-state index is 13.6. The van der Waals surface area contributed by atoms with E-state index in [1.54, 1.807) is 54.6 Å². The summed E-state index contributed by atoms with van der Waals surface area (Å²) in [4.78, 5) is 16.0. The van der Waals surface area contributed by atoms with Gasteiger partial charge in [0.25, 0.3) is 5.91 Å². The molecule has 1 amide bonds. The van der Waals surface area contributed by atoms with E-state index >= 15 is 0 Å². The molecule has 25 heavy (non-hydrogen) atoms. The van der Waals surface area contributed by atoms with Crippen molar-refractivity contribution in [1.29, 1.82) is 0 Å². The van der Waals surface area contributed by atoms with Crippen molar-refractivity contribution in [3.05, 3.63) is 83.8 Å². The fourth-order valence-electron chi connectivity index (χ4n) is 2.22. The predicted molar refractivity (Wildman–Crippen MR) is 92.7 cm³/mol. The number of carbonyl (C=O) groups excluding carboxylic acids is 1. The Bertz CT molecular complexity index is 882. The van der Waals surface area contributed by atoms with Gasteiger partial charge in [0, 0.05) is 12.7 Å². The van der Waals surface area contributed by atoms with Gasteiger partial charge in [-0.3, -0.25) is 4.79 Å². The summed E-state index contributed by atoms with van der Waals surface area (Å²) in [6.07, 6.45) is 1.53. The molecule has 3 N–H and O–H groups in total. The first-order chi connectivity index (χ1) is 12.1. The predicted octanol–water partition coefficient (Wildman–Crippen LogP) is 3.53. The zero-order valence-electron chi connectivity index (χ0n) is 13.3. The normalized spacial score (nSPS) is 10.3. The highest BCUT2D eigenvalue weighted by molar-refractivity contribution is 5.98. The molecule has 3 rings (SSSR count). The number of aromatic nitrogens is 1. The smallest absolute Gasteiger partial charge is 0.255 e. The van der Waals surface area contributed by atoms with Crippen LogP contribution in [-0.2, 0) is 6.54 Å². The summed E-state index contributed by atoms with van der Waals surface area (Å²) in [7, 11) is 0. The molecule has 0 saturated heterocycles. The van der Waals surface area contributed by atoms with Crippen LogP contribution in [0, 0.1) is 5.82 Å². The molecule has 1 aromatic heterocycles. The molecule has 0 bridgehead atoms. The van der Waals surface area contributed by atoms with Crippen molar-refractivity contribution in [3.8, 4) is 11.5 Å². The fraction of sp³-hybridized carbons (Fsp3) is 0.0526. The number of nitrogens with two attached hydrogens (primary N) is 1. The zero-order valence-corrected chi connectivity index (χ0v) is 13.3. The number of carbonyl (C=O) groups is 1. The van der Waals surface area contributed by atoms with Gasteiger partial charge in [-0.25, -0.2) is 9.37 Å². The van der Waals surface area contributed by atoms with Crippen LogP contribution in [0.5, 0.6) is 11.5 Å². The van der Waals surface area contributed by atoms with E-state index in [2.05, 4.69) is 10.3 Å². The highest BCUT2D eigenvalue weighted by atomic mass is 19.1. The van der Waals surface area contributed by atoms with Crippen molar-refractivity contribution < 1.29 is 13.9 Å². The van der Waals surface area contributed by atoms with Gasteiger partial charge in [0.1, 0.15) is 11.6 Å². The molecule has 1 heterocycles. The van der Waals surface area contributed by atoms with Gasteiger partial charge in [-0.15, -0.1) is 0 Å². The number of benzene rings is 2. The molecule has 0 fully saturated rings. The van der Waals surface area contributed by atoms with Crippen molar-refractivity contribution in [2.24, 2.45) is 0 Å². The highest BCUT2D eigenvalue weighted by Crippen LogP contribution is 2.24. The van der Waals surface area contributed by atoms with E-state index in [1.807, 2.05) is 0 Å². The third-order valence-corrected chi connectivity index (χ3v) is 3.52. The molecular formula is C19H16FN3O2. The van der Waals surface area contributed by atoms with Crippen LogP contribution < -0.4 is 15.8 Å². The number of rotatable bonds is 5. The molecular weight excluding hydrogens is 321 g/mol.